The fourth-order valence-corrected chi connectivity index (χ4v) is 3.91. The second-order valence-corrected chi connectivity index (χ2v) is 7.40. The van der Waals surface area contributed by atoms with Gasteiger partial charge in [0.05, 0.1) is 11.2 Å². The predicted molar refractivity (Wildman–Crippen MR) is 94.2 cm³/mol. The third-order valence-corrected chi connectivity index (χ3v) is 5.46. The van der Waals surface area contributed by atoms with Crippen molar-refractivity contribution in [2.75, 3.05) is 18.1 Å². The van der Waals surface area contributed by atoms with Gasteiger partial charge < -0.3 is 10.4 Å². The highest BCUT2D eigenvalue weighted by Crippen LogP contribution is 2.40. The van der Waals surface area contributed by atoms with Crippen molar-refractivity contribution >= 4 is 35.2 Å². The number of halogens is 1. The maximum atomic E-state index is 12.8. The molecule has 6 heteroatoms. The van der Waals surface area contributed by atoms with Crippen molar-refractivity contribution in [2.45, 2.75) is 37.5 Å². The summed E-state index contributed by atoms with van der Waals surface area (Å²) in [5.41, 5.74) is 0.487. The molecule has 4 nitrogen and oxygen atoms in total. The Morgan fingerprint density at radius 1 is 1.26 bits per heavy atom. The van der Waals surface area contributed by atoms with Crippen LogP contribution in [0, 0.1) is 0 Å². The normalized spacial score (nSPS) is 16.7. The number of amides is 1. The van der Waals surface area contributed by atoms with Crippen LogP contribution in [0.5, 0.6) is 0 Å². The molecule has 0 aromatic heterocycles. The largest absolute Gasteiger partial charge is 0.481 e. The van der Waals surface area contributed by atoms with Crippen LogP contribution in [0.2, 0.25) is 5.02 Å². The summed E-state index contributed by atoms with van der Waals surface area (Å²) >= 11 is 7.43. The number of carboxylic acids is 1. The van der Waals surface area contributed by atoms with Gasteiger partial charge in [-0.25, -0.2) is 0 Å². The molecule has 0 aliphatic heterocycles. The number of carbonyl (C=O) groups is 2. The summed E-state index contributed by atoms with van der Waals surface area (Å²) < 4.78 is 0. The highest BCUT2D eigenvalue weighted by molar-refractivity contribution is 7.99. The molecule has 1 saturated carbocycles. The maximum Gasteiger partial charge on any atom is 0.313 e. The number of benzene rings is 1. The Labute approximate surface area is 146 Å². The highest BCUT2D eigenvalue weighted by atomic mass is 35.5. The zero-order valence-corrected chi connectivity index (χ0v) is 14.6. The third-order valence-electron chi connectivity index (χ3n) is 4.28. The van der Waals surface area contributed by atoms with Crippen LogP contribution in [-0.2, 0) is 15.0 Å². The molecule has 0 heterocycles. The summed E-state index contributed by atoms with van der Waals surface area (Å²) in [6.45, 7) is 0.485. The maximum absolute atomic E-state index is 12.8. The van der Waals surface area contributed by atoms with Crippen molar-refractivity contribution in [1.82, 2.24) is 5.32 Å². The number of nitrogens with one attached hydrogen (secondary N) is 1. The van der Waals surface area contributed by atoms with Crippen LogP contribution in [0.3, 0.4) is 0 Å². The van der Waals surface area contributed by atoms with Crippen LogP contribution in [0.4, 0.5) is 0 Å². The molecule has 23 heavy (non-hydrogen) atoms. The van der Waals surface area contributed by atoms with Gasteiger partial charge in [0.25, 0.3) is 0 Å². The number of rotatable bonds is 7. The average Bonchev–Trinajstić information content (AvgIpc) is 2.54. The van der Waals surface area contributed by atoms with Crippen LogP contribution in [0.15, 0.2) is 24.3 Å². The zero-order valence-electron chi connectivity index (χ0n) is 13.0. The van der Waals surface area contributed by atoms with E-state index in [0.29, 0.717) is 17.3 Å². The summed E-state index contributed by atoms with van der Waals surface area (Å²) in [5, 5.41) is 12.3. The van der Waals surface area contributed by atoms with E-state index in [4.69, 9.17) is 16.7 Å². The second-order valence-electron chi connectivity index (χ2n) is 5.86. The Kier molecular flexibility index (Phi) is 6.78. The van der Waals surface area contributed by atoms with Crippen molar-refractivity contribution in [3.8, 4) is 0 Å². The molecule has 0 saturated heterocycles. The fraction of sp³-hybridized carbons (Fsp3) is 0.529. The number of aliphatic carboxylic acids is 1. The molecule has 0 bridgehead atoms. The van der Waals surface area contributed by atoms with Crippen LogP contribution >= 0.6 is 23.4 Å². The fourth-order valence-electron chi connectivity index (χ4n) is 3.15. The molecule has 1 aliphatic rings. The molecule has 1 aliphatic carbocycles. The monoisotopic (exact) mass is 355 g/mol. The van der Waals surface area contributed by atoms with Crippen molar-refractivity contribution in [3.05, 3.63) is 34.9 Å². The van der Waals surface area contributed by atoms with Gasteiger partial charge in [-0.2, -0.15) is 0 Å². The first-order valence-corrected chi connectivity index (χ1v) is 9.42. The van der Waals surface area contributed by atoms with E-state index < -0.39 is 11.4 Å². The van der Waals surface area contributed by atoms with E-state index in [1.807, 2.05) is 24.3 Å². The quantitative estimate of drug-likeness (QED) is 0.735. The minimum absolute atomic E-state index is 0.0374. The molecule has 0 atom stereocenters. The summed E-state index contributed by atoms with van der Waals surface area (Å²) in [6.07, 6.45) is 4.90. The van der Waals surface area contributed by atoms with Crippen LogP contribution in [0.25, 0.3) is 0 Å². The first kappa shape index (κ1) is 18.1. The molecule has 0 unspecified atom stereocenters. The van der Waals surface area contributed by atoms with E-state index in [9.17, 15) is 9.59 Å². The Morgan fingerprint density at radius 2 is 2.00 bits per heavy atom. The first-order chi connectivity index (χ1) is 11.0. The minimum atomic E-state index is -0.830. The molecule has 2 rings (SSSR count). The topological polar surface area (TPSA) is 66.4 Å². The molecule has 1 fully saturated rings. The lowest BCUT2D eigenvalue weighted by atomic mass is 9.68. The lowest BCUT2D eigenvalue weighted by molar-refractivity contribution is -0.134. The van der Waals surface area contributed by atoms with Crippen molar-refractivity contribution in [1.29, 1.82) is 0 Å². The van der Waals surface area contributed by atoms with Gasteiger partial charge in [0, 0.05) is 17.3 Å². The molecule has 126 valence electrons. The Morgan fingerprint density at radius 3 is 2.65 bits per heavy atom. The number of hydrogen-bond donors (Lipinski definition) is 2. The Bertz CT molecular complexity index is 559. The highest BCUT2D eigenvalue weighted by Gasteiger charge is 2.40. The van der Waals surface area contributed by atoms with Crippen LogP contribution < -0.4 is 5.32 Å². The average molecular weight is 356 g/mol. The molecule has 0 radical (unpaired) electrons. The van der Waals surface area contributed by atoms with Crippen LogP contribution in [0.1, 0.15) is 37.7 Å². The zero-order chi connectivity index (χ0) is 16.7. The van der Waals surface area contributed by atoms with E-state index in [-0.39, 0.29) is 11.7 Å². The van der Waals surface area contributed by atoms with E-state index in [1.54, 1.807) is 0 Å². The van der Waals surface area contributed by atoms with Gasteiger partial charge in [0.1, 0.15) is 0 Å². The molecular weight excluding hydrogens is 334 g/mol. The van der Waals surface area contributed by atoms with E-state index in [1.165, 1.54) is 11.8 Å². The van der Waals surface area contributed by atoms with E-state index in [2.05, 4.69) is 5.32 Å². The molecular formula is C17H22ClNO3S. The summed E-state index contributed by atoms with van der Waals surface area (Å²) in [7, 11) is 0. The lowest BCUT2D eigenvalue weighted by Gasteiger charge is -2.36. The van der Waals surface area contributed by atoms with E-state index in [0.717, 1.165) is 37.7 Å². The van der Waals surface area contributed by atoms with Gasteiger partial charge in [-0.1, -0.05) is 43.0 Å². The summed E-state index contributed by atoms with van der Waals surface area (Å²) in [6, 6.07) is 7.59. The van der Waals surface area contributed by atoms with Gasteiger partial charge >= 0.3 is 5.97 Å². The standard InChI is InChI=1S/C17H22ClNO3S/c18-14-6-4-5-13(11-14)17(7-2-1-3-8-17)16(22)19-9-10-23-12-15(20)21/h4-6,11H,1-3,7-10,12H2,(H,19,22)(H,20,21). The minimum Gasteiger partial charge on any atom is -0.481 e. The first-order valence-electron chi connectivity index (χ1n) is 7.88. The number of hydrogen-bond acceptors (Lipinski definition) is 3. The number of thioether (sulfide) groups is 1. The van der Waals surface area contributed by atoms with Crippen molar-refractivity contribution in [2.24, 2.45) is 0 Å². The van der Waals surface area contributed by atoms with Gasteiger partial charge in [-0.15, -0.1) is 11.8 Å². The van der Waals surface area contributed by atoms with Gasteiger partial charge in [-0.05, 0) is 30.5 Å². The SMILES string of the molecule is O=C(O)CSCCNC(=O)C1(c2cccc(Cl)c2)CCCCC1. The molecule has 0 spiro atoms. The van der Waals surface area contributed by atoms with Gasteiger partial charge in [-0.3, -0.25) is 9.59 Å². The van der Waals surface area contributed by atoms with E-state index >= 15 is 0 Å². The molecule has 1 amide bonds. The second kappa shape index (κ2) is 8.60. The van der Waals surface area contributed by atoms with Crippen molar-refractivity contribution < 1.29 is 14.7 Å². The third kappa shape index (κ3) is 4.88. The van der Waals surface area contributed by atoms with Gasteiger partial charge in [0.15, 0.2) is 0 Å². The molecule has 1 aromatic rings. The predicted octanol–water partition coefficient (Wildman–Crippen LogP) is 3.48. The van der Waals surface area contributed by atoms with Gasteiger partial charge in [0.2, 0.25) is 5.91 Å². The Hall–Kier alpha value is -1.20. The van der Waals surface area contributed by atoms with Crippen molar-refractivity contribution in [3.63, 3.8) is 0 Å². The lowest BCUT2D eigenvalue weighted by Crippen LogP contribution is -2.46. The number of carboxylic acid groups (broad SMARTS) is 1. The summed E-state index contributed by atoms with van der Waals surface area (Å²) in [5.74, 6) is -0.127. The smallest absolute Gasteiger partial charge is 0.313 e. The molecule has 2 N–H and O–H groups in total. The summed E-state index contributed by atoms with van der Waals surface area (Å²) in [4.78, 5) is 23.3. The molecule has 1 aromatic carbocycles. The number of carbonyl (C=O) groups excluding carboxylic acids is 1. The van der Waals surface area contributed by atoms with Crippen LogP contribution in [-0.4, -0.2) is 35.0 Å². The Balaban J connectivity index is 2.03.